The lowest BCUT2D eigenvalue weighted by Crippen LogP contribution is -2.34. The molecule has 3 aromatic carbocycles. The van der Waals surface area contributed by atoms with Crippen LogP contribution in [0.4, 0.5) is 5.69 Å². The SMILES string of the molecule is CCN(CC)c1ccc(C=NNC(=O)CSc2n[nH]c(-c3cc(OC)c(OC)c(OC)c3)[n+]2-c2ccccc2)c([O-])c1. The molecule has 0 aliphatic carbocycles. The highest BCUT2D eigenvalue weighted by atomic mass is 32.2. The molecular formula is C30H34N6O5S. The molecule has 4 aromatic rings. The number of benzene rings is 3. The van der Waals surface area contributed by atoms with Crippen LogP contribution in [0.25, 0.3) is 17.1 Å². The lowest BCUT2D eigenvalue weighted by atomic mass is 10.1. The molecule has 0 fully saturated rings. The second-order valence-corrected chi connectivity index (χ2v) is 9.86. The van der Waals surface area contributed by atoms with E-state index >= 15 is 0 Å². The molecule has 0 bridgehead atoms. The molecular weight excluding hydrogens is 556 g/mol. The maximum atomic E-state index is 12.7. The summed E-state index contributed by atoms with van der Waals surface area (Å²) in [5.41, 5.74) is 5.33. The molecule has 0 saturated carbocycles. The van der Waals surface area contributed by atoms with Gasteiger partial charge in [-0.15, -0.1) is 5.10 Å². The molecule has 220 valence electrons. The van der Waals surface area contributed by atoms with E-state index in [2.05, 4.69) is 25.6 Å². The molecule has 0 atom stereocenters. The number of rotatable bonds is 13. The van der Waals surface area contributed by atoms with Crippen molar-refractivity contribution in [2.45, 2.75) is 19.0 Å². The third-order valence-corrected chi connectivity index (χ3v) is 7.41. The standard InChI is InChI=1S/C30H34N6O5S/c1-6-35(7-2)23-14-13-20(24(37)17-23)18-31-32-27(38)19-42-30-34-33-29(36(30)22-11-9-8-10-12-22)21-15-25(39-3)28(41-5)26(16-21)40-4/h8-18H,6-7,19H2,1-5H3,(H2,31,32,37,38). The average Bonchev–Trinajstić information content (AvgIpc) is 3.45. The van der Waals surface area contributed by atoms with Gasteiger partial charge in [-0.25, -0.2) is 5.43 Å². The summed E-state index contributed by atoms with van der Waals surface area (Å²) in [7, 11) is 4.66. The Balaban J connectivity index is 1.53. The molecule has 1 heterocycles. The van der Waals surface area contributed by atoms with E-state index in [-0.39, 0.29) is 17.4 Å². The largest absolute Gasteiger partial charge is 0.872 e. The fraction of sp³-hybridized carbons (Fsp3) is 0.267. The van der Waals surface area contributed by atoms with E-state index in [9.17, 15) is 9.90 Å². The number of hydrogen-bond acceptors (Lipinski definition) is 9. The van der Waals surface area contributed by atoms with Crippen LogP contribution in [-0.4, -0.2) is 62.5 Å². The van der Waals surface area contributed by atoms with Crippen molar-refractivity contribution in [3.05, 3.63) is 66.2 Å². The molecule has 0 spiro atoms. The minimum atomic E-state index is -0.347. The van der Waals surface area contributed by atoms with Gasteiger partial charge in [0.25, 0.3) is 11.7 Å². The molecule has 0 unspecified atom stereocenters. The zero-order valence-corrected chi connectivity index (χ0v) is 25.0. The minimum absolute atomic E-state index is 0.0366. The predicted molar refractivity (Wildman–Crippen MR) is 161 cm³/mol. The van der Waals surface area contributed by atoms with Crippen LogP contribution in [0.2, 0.25) is 0 Å². The number of aromatic amines is 1. The first-order valence-electron chi connectivity index (χ1n) is 13.3. The zero-order chi connectivity index (χ0) is 30.1. The van der Waals surface area contributed by atoms with Crippen LogP contribution in [-0.2, 0) is 4.79 Å². The van der Waals surface area contributed by atoms with Crippen molar-refractivity contribution in [3.8, 4) is 40.1 Å². The first-order valence-corrected chi connectivity index (χ1v) is 14.3. The van der Waals surface area contributed by atoms with Gasteiger partial charge in [-0.05, 0) is 67.6 Å². The van der Waals surface area contributed by atoms with Gasteiger partial charge in [-0.1, -0.05) is 30.0 Å². The molecule has 0 aliphatic rings. The van der Waals surface area contributed by atoms with E-state index in [1.807, 2.05) is 66.9 Å². The quantitative estimate of drug-likeness (QED) is 0.105. The molecule has 4 rings (SSSR count). The van der Waals surface area contributed by atoms with Gasteiger partial charge in [0, 0.05) is 18.8 Å². The molecule has 0 aliphatic heterocycles. The van der Waals surface area contributed by atoms with Gasteiger partial charge in [-0.2, -0.15) is 9.67 Å². The van der Waals surface area contributed by atoms with Crippen LogP contribution in [0.5, 0.6) is 23.0 Å². The number of amides is 1. The summed E-state index contributed by atoms with van der Waals surface area (Å²) in [5, 5.41) is 24.6. The molecule has 1 aromatic heterocycles. The van der Waals surface area contributed by atoms with Crippen LogP contribution in [0, 0.1) is 0 Å². The van der Waals surface area contributed by atoms with E-state index in [0.717, 1.165) is 30.0 Å². The van der Waals surface area contributed by atoms with Gasteiger partial charge in [-0.3, -0.25) is 4.79 Å². The Hall–Kier alpha value is -4.71. The number of nitrogens with zero attached hydrogens (tertiary/aromatic N) is 4. The number of thioether (sulfide) groups is 1. The summed E-state index contributed by atoms with van der Waals surface area (Å²) < 4.78 is 18.4. The minimum Gasteiger partial charge on any atom is -0.872 e. The number of anilines is 1. The van der Waals surface area contributed by atoms with Crippen molar-refractivity contribution in [1.29, 1.82) is 0 Å². The number of nitrogens with one attached hydrogen (secondary N) is 2. The van der Waals surface area contributed by atoms with Crippen LogP contribution in [0.15, 0.2) is 70.9 Å². The molecule has 12 heteroatoms. The summed E-state index contributed by atoms with van der Waals surface area (Å²) in [5.74, 6) is 1.65. The van der Waals surface area contributed by atoms with Crippen molar-refractivity contribution in [2.75, 3.05) is 45.1 Å². The Morgan fingerprint density at radius 1 is 1.05 bits per heavy atom. The second-order valence-electron chi connectivity index (χ2n) is 8.92. The van der Waals surface area contributed by atoms with Gasteiger partial charge in [0.2, 0.25) is 5.75 Å². The monoisotopic (exact) mass is 590 g/mol. The van der Waals surface area contributed by atoms with E-state index in [1.165, 1.54) is 18.0 Å². The molecule has 0 radical (unpaired) electrons. The number of para-hydroxylation sites is 1. The first-order chi connectivity index (χ1) is 20.4. The van der Waals surface area contributed by atoms with Crippen molar-refractivity contribution < 1.29 is 28.7 Å². The Kier molecular flexibility index (Phi) is 10.3. The average molecular weight is 591 g/mol. The smallest absolute Gasteiger partial charge is 0.342 e. The Labute approximate surface area is 249 Å². The van der Waals surface area contributed by atoms with Gasteiger partial charge in [0.1, 0.15) is 5.69 Å². The van der Waals surface area contributed by atoms with E-state index < -0.39 is 0 Å². The summed E-state index contributed by atoms with van der Waals surface area (Å²) in [4.78, 5) is 14.7. The summed E-state index contributed by atoms with van der Waals surface area (Å²) in [6.45, 7) is 5.69. The zero-order valence-electron chi connectivity index (χ0n) is 24.2. The maximum Gasteiger partial charge on any atom is 0.342 e. The fourth-order valence-corrected chi connectivity index (χ4v) is 5.13. The van der Waals surface area contributed by atoms with Crippen molar-refractivity contribution in [1.82, 2.24) is 15.6 Å². The van der Waals surface area contributed by atoms with Gasteiger partial charge >= 0.3 is 5.16 Å². The number of methoxy groups -OCH3 is 3. The Bertz CT molecular complexity index is 1510. The van der Waals surface area contributed by atoms with E-state index in [1.54, 1.807) is 33.5 Å². The van der Waals surface area contributed by atoms with Gasteiger partial charge in [0.15, 0.2) is 11.5 Å². The second kappa shape index (κ2) is 14.3. The van der Waals surface area contributed by atoms with E-state index in [0.29, 0.717) is 33.8 Å². The van der Waals surface area contributed by atoms with Crippen molar-refractivity contribution in [2.24, 2.45) is 5.10 Å². The highest BCUT2D eigenvalue weighted by Crippen LogP contribution is 2.40. The highest BCUT2D eigenvalue weighted by molar-refractivity contribution is 7.99. The molecule has 42 heavy (non-hydrogen) atoms. The third kappa shape index (κ3) is 6.77. The normalized spacial score (nSPS) is 11.0. The maximum absolute atomic E-state index is 12.7. The summed E-state index contributed by atoms with van der Waals surface area (Å²) in [6.07, 6.45) is 1.36. The Morgan fingerprint density at radius 3 is 2.33 bits per heavy atom. The lowest BCUT2D eigenvalue weighted by molar-refractivity contribution is -0.625. The number of carbonyl (C=O) groups excluding carboxylic acids is 1. The number of H-pyrrole nitrogens is 1. The number of hydrogen-bond donors (Lipinski definition) is 2. The van der Waals surface area contributed by atoms with Gasteiger partial charge in [0.05, 0.1) is 44.0 Å². The number of hydrazone groups is 1. The van der Waals surface area contributed by atoms with E-state index in [4.69, 9.17) is 14.2 Å². The molecule has 0 saturated heterocycles. The van der Waals surface area contributed by atoms with Crippen LogP contribution in [0.1, 0.15) is 19.4 Å². The van der Waals surface area contributed by atoms with Crippen molar-refractivity contribution in [3.63, 3.8) is 0 Å². The Morgan fingerprint density at radius 2 is 1.74 bits per heavy atom. The number of ether oxygens (including phenoxy) is 3. The third-order valence-electron chi connectivity index (χ3n) is 6.48. The summed E-state index contributed by atoms with van der Waals surface area (Å²) >= 11 is 1.23. The van der Waals surface area contributed by atoms with Gasteiger partial charge < -0.3 is 24.2 Å². The number of carbonyl (C=O) groups is 1. The van der Waals surface area contributed by atoms with Crippen LogP contribution >= 0.6 is 11.8 Å². The lowest BCUT2D eigenvalue weighted by Gasteiger charge is -2.23. The highest BCUT2D eigenvalue weighted by Gasteiger charge is 2.27. The molecule has 1 amide bonds. The van der Waals surface area contributed by atoms with Crippen LogP contribution in [0.3, 0.4) is 0 Å². The predicted octanol–water partition coefficient (Wildman–Crippen LogP) is 3.54. The fourth-order valence-electron chi connectivity index (χ4n) is 4.37. The molecule has 2 N–H and O–H groups in total. The van der Waals surface area contributed by atoms with Crippen molar-refractivity contribution >= 4 is 29.6 Å². The number of aromatic nitrogens is 3. The first kappa shape index (κ1) is 30.3. The molecule has 11 nitrogen and oxygen atoms in total. The van der Waals surface area contributed by atoms with Crippen LogP contribution < -0.4 is 34.2 Å². The topological polar surface area (TPSA) is 128 Å². The summed E-state index contributed by atoms with van der Waals surface area (Å²) in [6, 6.07) is 18.5.